The molecule has 0 bridgehead atoms. The van der Waals surface area contributed by atoms with Crippen LogP contribution in [0.25, 0.3) is 0 Å². The zero-order valence-electron chi connectivity index (χ0n) is 5.95. The van der Waals surface area contributed by atoms with Gasteiger partial charge in [0.25, 0.3) is 0 Å². The maximum absolute atomic E-state index is 9.13. The molecule has 1 aromatic rings. The van der Waals surface area contributed by atoms with Crippen LogP contribution < -0.4 is 10.9 Å². The van der Waals surface area contributed by atoms with Gasteiger partial charge in [-0.15, -0.1) is 11.3 Å². The first-order valence-corrected chi connectivity index (χ1v) is 4.47. The molecule has 11 heavy (non-hydrogen) atoms. The summed E-state index contributed by atoms with van der Waals surface area (Å²) < 4.78 is 0. The van der Waals surface area contributed by atoms with E-state index in [1.807, 2.05) is 11.4 Å². The normalized spacial score (nSPS) is 31.0. The highest BCUT2D eigenvalue weighted by atomic mass is 32.1. The molecule has 1 aromatic heterocycles. The molecule has 0 aliphatic carbocycles. The van der Waals surface area contributed by atoms with Crippen molar-refractivity contribution < 1.29 is 5.11 Å². The third-order valence-corrected chi connectivity index (χ3v) is 2.76. The second kappa shape index (κ2) is 2.91. The zero-order chi connectivity index (χ0) is 7.68. The highest BCUT2D eigenvalue weighted by molar-refractivity contribution is 7.10. The summed E-state index contributed by atoms with van der Waals surface area (Å²) in [6.07, 6.45) is 0.350. The molecule has 0 aromatic carbocycles. The Labute approximate surface area is 69.0 Å². The number of hydrogen-bond donors (Lipinski definition) is 3. The zero-order valence-corrected chi connectivity index (χ0v) is 6.77. The Morgan fingerprint density at radius 3 is 3.00 bits per heavy atom. The van der Waals surface area contributed by atoms with Crippen molar-refractivity contribution in [2.45, 2.75) is 18.7 Å². The van der Waals surface area contributed by atoms with Crippen molar-refractivity contribution in [1.82, 2.24) is 10.9 Å². The largest absolute Gasteiger partial charge is 0.377 e. The van der Waals surface area contributed by atoms with Crippen LogP contribution in [0.2, 0.25) is 0 Å². The van der Waals surface area contributed by atoms with Crippen molar-refractivity contribution in [3.63, 3.8) is 0 Å². The second-order valence-electron chi connectivity index (χ2n) is 2.61. The van der Waals surface area contributed by atoms with E-state index in [2.05, 4.69) is 16.9 Å². The summed E-state index contributed by atoms with van der Waals surface area (Å²) in [6, 6.07) is 4.37. The van der Waals surface area contributed by atoms with Crippen LogP contribution >= 0.6 is 11.3 Å². The molecule has 0 saturated carbocycles. The Balaban J connectivity index is 2.08. The standard InChI is InChI=1S/C7H10N2OS/c10-7-4-5(8-9-7)6-2-1-3-11-6/h1-3,5,7-10H,4H2. The topological polar surface area (TPSA) is 44.3 Å². The van der Waals surface area contributed by atoms with Crippen molar-refractivity contribution in [3.8, 4) is 0 Å². The van der Waals surface area contributed by atoms with Gasteiger partial charge < -0.3 is 5.11 Å². The van der Waals surface area contributed by atoms with E-state index >= 15 is 0 Å². The molecular weight excluding hydrogens is 160 g/mol. The number of hydrazine groups is 1. The van der Waals surface area contributed by atoms with Crippen LogP contribution in [0.4, 0.5) is 0 Å². The minimum absolute atomic E-state index is 0.282. The first-order valence-electron chi connectivity index (χ1n) is 3.59. The van der Waals surface area contributed by atoms with Crippen LogP contribution in [0.1, 0.15) is 17.3 Å². The average molecular weight is 170 g/mol. The van der Waals surface area contributed by atoms with E-state index in [-0.39, 0.29) is 6.04 Å². The van der Waals surface area contributed by atoms with Crippen LogP contribution in [-0.4, -0.2) is 11.3 Å². The first kappa shape index (κ1) is 7.24. The highest BCUT2D eigenvalue weighted by Gasteiger charge is 2.23. The van der Waals surface area contributed by atoms with Crippen molar-refractivity contribution in [2.75, 3.05) is 0 Å². The van der Waals surface area contributed by atoms with Gasteiger partial charge in [-0.25, -0.2) is 10.9 Å². The van der Waals surface area contributed by atoms with Crippen LogP contribution in [-0.2, 0) is 0 Å². The number of nitrogens with one attached hydrogen (secondary N) is 2. The van der Waals surface area contributed by atoms with E-state index in [0.29, 0.717) is 0 Å². The smallest absolute Gasteiger partial charge is 0.119 e. The molecule has 3 nitrogen and oxygen atoms in total. The lowest BCUT2D eigenvalue weighted by Gasteiger charge is -2.03. The molecule has 0 radical (unpaired) electrons. The van der Waals surface area contributed by atoms with E-state index in [1.54, 1.807) is 11.3 Å². The Morgan fingerprint density at radius 1 is 1.55 bits per heavy atom. The lowest BCUT2D eigenvalue weighted by molar-refractivity contribution is 0.153. The van der Waals surface area contributed by atoms with E-state index < -0.39 is 6.23 Å². The average Bonchev–Trinajstić information content (AvgIpc) is 2.55. The van der Waals surface area contributed by atoms with Crippen LogP contribution in [0.15, 0.2) is 17.5 Å². The lowest BCUT2D eigenvalue weighted by atomic mass is 10.2. The van der Waals surface area contributed by atoms with Gasteiger partial charge in [0.15, 0.2) is 0 Å². The molecule has 3 N–H and O–H groups in total. The van der Waals surface area contributed by atoms with Crippen molar-refractivity contribution in [2.24, 2.45) is 0 Å². The van der Waals surface area contributed by atoms with Gasteiger partial charge in [-0.1, -0.05) is 6.07 Å². The molecule has 0 spiro atoms. The van der Waals surface area contributed by atoms with Crippen molar-refractivity contribution in [3.05, 3.63) is 22.4 Å². The number of hydrogen-bond acceptors (Lipinski definition) is 4. The molecule has 2 unspecified atom stereocenters. The monoisotopic (exact) mass is 170 g/mol. The second-order valence-corrected chi connectivity index (χ2v) is 3.59. The summed E-state index contributed by atoms with van der Waals surface area (Å²) in [5.74, 6) is 0. The van der Waals surface area contributed by atoms with Crippen LogP contribution in [0, 0.1) is 0 Å². The Hall–Kier alpha value is -0.420. The molecule has 2 heterocycles. The first-order chi connectivity index (χ1) is 5.36. The fraction of sp³-hybridized carbons (Fsp3) is 0.429. The SMILES string of the molecule is OC1CC(c2cccs2)NN1. The molecule has 1 aliphatic rings. The van der Waals surface area contributed by atoms with Crippen molar-refractivity contribution in [1.29, 1.82) is 0 Å². The number of aliphatic hydroxyl groups is 1. The van der Waals surface area contributed by atoms with E-state index in [4.69, 9.17) is 5.11 Å². The Kier molecular flexibility index (Phi) is 1.91. The van der Waals surface area contributed by atoms with E-state index in [9.17, 15) is 0 Å². The molecular formula is C7H10N2OS. The molecule has 0 amide bonds. The van der Waals surface area contributed by atoms with Gasteiger partial charge in [0.2, 0.25) is 0 Å². The van der Waals surface area contributed by atoms with Crippen LogP contribution in [0.3, 0.4) is 0 Å². The molecule has 1 fully saturated rings. The molecule has 2 rings (SSSR count). The number of rotatable bonds is 1. The summed E-state index contributed by atoms with van der Waals surface area (Å²) in [5, 5.41) is 11.2. The maximum atomic E-state index is 9.13. The summed E-state index contributed by atoms with van der Waals surface area (Å²) >= 11 is 1.71. The number of thiophene rings is 1. The minimum Gasteiger partial charge on any atom is -0.377 e. The summed E-state index contributed by atoms with van der Waals surface area (Å²) in [7, 11) is 0. The fourth-order valence-corrected chi connectivity index (χ4v) is 2.01. The van der Waals surface area contributed by atoms with Gasteiger partial charge in [-0.05, 0) is 11.4 Å². The highest BCUT2D eigenvalue weighted by Crippen LogP contribution is 2.24. The quantitative estimate of drug-likeness (QED) is 0.578. The summed E-state index contributed by atoms with van der Waals surface area (Å²) in [5.41, 5.74) is 5.79. The van der Waals surface area contributed by atoms with Gasteiger partial charge in [0, 0.05) is 11.3 Å². The molecule has 60 valence electrons. The maximum Gasteiger partial charge on any atom is 0.119 e. The third-order valence-electron chi connectivity index (χ3n) is 1.77. The molecule has 4 heteroatoms. The summed E-state index contributed by atoms with van der Waals surface area (Å²) in [6.45, 7) is 0. The van der Waals surface area contributed by atoms with Gasteiger partial charge in [-0.2, -0.15) is 0 Å². The van der Waals surface area contributed by atoms with Gasteiger partial charge >= 0.3 is 0 Å². The van der Waals surface area contributed by atoms with Gasteiger partial charge in [0.1, 0.15) is 6.23 Å². The van der Waals surface area contributed by atoms with E-state index in [0.717, 1.165) is 6.42 Å². The van der Waals surface area contributed by atoms with Crippen molar-refractivity contribution >= 4 is 11.3 Å². The molecule has 1 saturated heterocycles. The van der Waals surface area contributed by atoms with E-state index in [1.165, 1.54) is 4.88 Å². The number of aliphatic hydroxyl groups excluding tert-OH is 1. The predicted octanol–water partition coefficient (Wildman–Crippen LogP) is 0.606. The van der Waals surface area contributed by atoms with Gasteiger partial charge in [-0.3, -0.25) is 0 Å². The van der Waals surface area contributed by atoms with Crippen LogP contribution in [0.5, 0.6) is 0 Å². The summed E-state index contributed by atoms with van der Waals surface area (Å²) in [4.78, 5) is 1.27. The fourth-order valence-electron chi connectivity index (χ4n) is 1.21. The molecule has 2 atom stereocenters. The minimum atomic E-state index is -0.401. The van der Waals surface area contributed by atoms with Gasteiger partial charge in [0.05, 0.1) is 6.04 Å². The Morgan fingerprint density at radius 2 is 2.45 bits per heavy atom. The predicted molar refractivity (Wildman–Crippen MR) is 44.0 cm³/mol. The molecule has 1 aliphatic heterocycles. The lowest BCUT2D eigenvalue weighted by Crippen LogP contribution is -2.30. The third kappa shape index (κ3) is 1.44. The Bertz CT molecular complexity index is 224.